The Labute approximate surface area is 113 Å². The van der Waals surface area contributed by atoms with Crippen LogP contribution in [0.25, 0.3) is 0 Å². The van der Waals surface area contributed by atoms with E-state index in [4.69, 9.17) is 0 Å². The number of aryl methyl sites for hydroxylation is 1. The fourth-order valence-corrected chi connectivity index (χ4v) is 1.86. The van der Waals surface area contributed by atoms with E-state index in [-0.39, 0.29) is 0 Å². The van der Waals surface area contributed by atoms with Crippen LogP contribution in [0.2, 0.25) is 0 Å². The average Bonchev–Trinajstić information content (AvgIpc) is 2.88. The molecule has 102 valence electrons. The van der Waals surface area contributed by atoms with Crippen LogP contribution in [0.15, 0.2) is 18.7 Å². The summed E-state index contributed by atoms with van der Waals surface area (Å²) < 4.78 is 2.03. The summed E-state index contributed by atoms with van der Waals surface area (Å²) >= 11 is 0. The number of hydrogen-bond donors (Lipinski definition) is 2. The van der Waals surface area contributed by atoms with E-state index in [1.165, 1.54) is 0 Å². The second-order valence-corrected chi connectivity index (χ2v) is 4.35. The highest BCUT2D eigenvalue weighted by Gasteiger charge is 2.07. The molecule has 2 aromatic heterocycles. The quantitative estimate of drug-likeness (QED) is 0.829. The number of anilines is 2. The fourth-order valence-electron chi connectivity index (χ4n) is 1.86. The Bertz CT molecular complexity index is 520. The largest absolute Gasteiger partial charge is 0.370 e. The highest BCUT2D eigenvalue weighted by molar-refractivity contribution is 5.57. The van der Waals surface area contributed by atoms with Crippen LogP contribution in [-0.4, -0.2) is 32.6 Å². The minimum atomic E-state index is 0.770. The van der Waals surface area contributed by atoms with Crippen LogP contribution in [0.5, 0.6) is 0 Å². The molecule has 0 aromatic carbocycles. The second kappa shape index (κ2) is 6.17. The second-order valence-electron chi connectivity index (χ2n) is 4.35. The molecular weight excluding hydrogens is 240 g/mol. The minimum absolute atomic E-state index is 0.770. The van der Waals surface area contributed by atoms with Crippen LogP contribution in [0, 0.1) is 13.8 Å². The van der Waals surface area contributed by atoms with Gasteiger partial charge in [-0.2, -0.15) is 0 Å². The zero-order chi connectivity index (χ0) is 13.7. The molecule has 0 saturated carbocycles. The van der Waals surface area contributed by atoms with E-state index < -0.39 is 0 Å². The molecule has 0 aliphatic heterocycles. The van der Waals surface area contributed by atoms with Gasteiger partial charge in [0.05, 0.1) is 6.33 Å². The van der Waals surface area contributed by atoms with Crippen molar-refractivity contribution in [3.8, 4) is 0 Å². The summed E-state index contributed by atoms with van der Waals surface area (Å²) in [6, 6.07) is 0. The Balaban J connectivity index is 2.02. The molecule has 0 aliphatic carbocycles. The molecule has 0 spiro atoms. The van der Waals surface area contributed by atoms with Crippen LogP contribution in [0.4, 0.5) is 11.6 Å². The third kappa shape index (κ3) is 3.43. The average molecular weight is 260 g/mol. The lowest BCUT2D eigenvalue weighted by Gasteiger charge is -2.13. The molecule has 19 heavy (non-hydrogen) atoms. The van der Waals surface area contributed by atoms with Gasteiger partial charge in [0.15, 0.2) is 0 Å². The Hall–Kier alpha value is -2.11. The van der Waals surface area contributed by atoms with Crippen molar-refractivity contribution in [3.63, 3.8) is 0 Å². The molecule has 0 fully saturated rings. The van der Waals surface area contributed by atoms with E-state index in [2.05, 4.69) is 32.5 Å². The minimum Gasteiger partial charge on any atom is -0.370 e. The lowest BCUT2D eigenvalue weighted by atomic mass is 10.3. The van der Waals surface area contributed by atoms with Crippen molar-refractivity contribution < 1.29 is 0 Å². The van der Waals surface area contributed by atoms with Crippen molar-refractivity contribution in [2.45, 2.75) is 27.3 Å². The number of rotatable bonds is 6. The highest BCUT2D eigenvalue weighted by atomic mass is 15.1. The number of hydrogen-bond acceptors (Lipinski definition) is 5. The third-order valence-electron chi connectivity index (χ3n) is 2.82. The Morgan fingerprint density at radius 2 is 1.89 bits per heavy atom. The van der Waals surface area contributed by atoms with Gasteiger partial charge in [-0.1, -0.05) is 0 Å². The van der Waals surface area contributed by atoms with Gasteiger partial charge in [0.1, 0.15) is 17.5 Å². The van der Waals surface area contributed by atoms with Gasteiger partial charge < -0.3 is 15.2 Å². The number of nitrogens with zero attached hydrogens (tertiary/aromatic N) is 4. The summed E-state index contributed by atoms with van der Waals surface area (Å²) in [4.78, 5) is 12.9. The van der Waals surface area contributed by atoms with Gasteiger partial charge in [-0.3, -0.25) is 0 Å². The summed E-state index contributed by atoms with van der Waals surface area (Å²) in [7, 11) is 0. The summed E-state index contributed by atoms with van der Waals surface area (Å²) in [6.07, 6.45) is 5.54. The zero-order valence-electron chi connectivity index (χ0n) is 11.6. The number of imidazole rings is 1. The molecule has 0 saturated heterocycles. The first-order valence-electron chi connectivity index (χ1n) is 6.49. The standard InChI is InChI=1S/C13H20N6/c1-4-15-12-10(2)13(18-11(3)17-12)16-6-8-19-7-5-14-9-19/h5,7,9H,4,6,8H2,1-3H3,(H2,15,16,17,18). The Morgan fingerprint density at radius 1 is 1.16 bits per heavy atom. The van der Waals surface area contributed by atoms with Crippen LogP contribution >= 0.6 is 0 Å². The van der Waals surface area contributed by atoms with E-state index in [1.807, 2.05) is 30.9 Å². The summed E-state index contributed by atoms with van der Waals surface area (Å²) in [6.45, 7) is 8.51. The van der Waals surface area contributed by atoms with Crippen molar-refractivity contribution in [2.24, 2.45) is 0 Å². The van der Waals surface area contributed by atoms with Gasteiger partial charge in [0, 0.05) is 37.6 Å². The van der Waals surface area contributed by atoms with E-state index in [1.54, 1.807) is 6.20 Å². The first kappa shape index (κ1) is 13.3. The predicted octanol–water partition coefficient (Wildman–Crippen LogP) is 1.83. The molecule has 2 heterocycles. The lowest BCUT2D eigenvalue weighted by molar-refractivity contribution is 0.724. The first-order valence-corrected chi connectivity index (χ1v) is 6.49. The molecular formula is C13H20N6. The van der Waals surface area contributed by atoms with Crippen LogP contribution in [0.3, 0.4) is 0 Å². The van der Waals surface area contributed by atoms with Crippen molar-refractivity contribution in [1.29, 1.82) is 0 Å². The van der Waals surface area contributed by atoms with Gasteiger partial charge in [-0.05, 0) is 20.8 Å². The smallest absolute Gasteiger partial charge is 0.134 e. The summed E-state index contributed by atoms with van der Waals surface area (Å²) in [5, 5.41) is 6.61. The highest BCUT2D eigenvalue weighted by Crippen LogP contribution is 2.19. The predicted molar refractivity (Wildman–Crippen MR) is 76.4 cm³/mol. The Morgan fingerprint density at radius 3 is 2.53 bits per heavy atom. The maximum absolute atomic E-state index is 4.45. The SMILES string of the molecule is CCNc1nc(C)nc(NCCn2ccnc2)c1C. The normalized spacial score (nSPS) is 10.5. The van der Waals surface area contributed by atoms with Crippen molar-refractivity contribution in [2.75, 3.05) is 23.7 Å². The molecule has 6 heteroatoms. The number of nitrogens with one attached hydrogen (secondary N) is 2. The number of aromatic nitrogens is 4. The molecule has 0 aliphatic rings. The Kier molecular flexibility index (Phi) is 4.33. The molecule has 0 amide bonds. The maximum atomic E-state index is 4.45. The van der Waals surface area contributed by atoms with Gasteiger partial charge in [0.25, 0.3) is 0 Å². The third-order valence-corrected chi connectivity index (χ3v) is 2.82. The zero-order valence-corrected chi connectivity index (χ0v) is 11.6. The van der Waals surface area contributed by atoms with Crippen LogP contribution in [-0.2, 0) is 6.54 Å². The maximum Gasteiger partial charge on any atom is 0.134 e. The van der Waals surface area contributed by atoms with Crippen LogP contribution < -0.4 is 10.6 Å². The lowest BCUT2D eigenvalue weighted by Crippen LogP contribution is -2.13. The molecule has 2 aromatic rings. The first-order chi connectivity index (χ1) is 9.20. The molecule has 6 nitrogen and oxygen atoms in total. The van der Waals surface area contributed by atoms with Gasteiger partial charge in [-0.25, -0.2) is 15.0 Å². The molecule has 0 atom stereocenters. The fraction of sp³-hybridized carbons (Fsp3) is 0.462. The molecule has 0 bridgehead atoms. The monoisotopic (exact) mass is 260 g/mol. The van der Waals surface area contributed by atoms with Crippen molar-refractivity contribution in [1.82, 2.24) is 19.5 Å². The van der Waals surface area contributed by atoms with E-state index in [0.29, 0.717) is 0 Å². The van der Waals surface area contributed by atoms with Gasteiger partial charge >= 0.3 is 0 Å². The van der Waals surface area contributed by atoms with Crippen molar-refractivity contribution >= 4 is 11.6 Å². The molecule has 2 rings (SSSR count). The van der Waals surface area contributed by atoms with E-state index in [9.17, 15) is 0 Å². The van der Waals surface area contributed by atoms with E-state index >= 15 is 0 Å². The van der Waals surface area contributed by atoms with Gasteiger partial charge in [0.2, 0.25) is 0 Å². The summed E-state index contributed by atoms with van der Waals surface area (Å²) in [5.41, 5.74) is 1.05. The topological polar surface area (TPSA) is 67.7 Å². The molecule has 2 N–H and O–H groups in total. The molecule has 0 unspecified atom stereocenters. The molecule has 0 radical (unpaired) electrons. The van der Waals surface area contributed by atoms with E-state index in [0.717, 1.165) is 42.7 Å². The van der Waals surface area contributed by atoms with Crippen molar-refractivity contribution in [3.05, 3.63) is 30.1 Å². The van der Waals surface area contributed by atoms with Crippen LogP contribution in [0.1, 0.15) is 18.3 Å². The van der Waals surface area contributed by atoms with Gasteiger partial charge in [-0.15, -0.1) is 0 Å². The summed E-state index contributed by atoms with van der Waals surface area (Å²) in [5.74, 6) is 2.57.